The Kier molecular flexibility index (Phi) is 5.31. The average Bonchev–Trinajstić information content (AvgIpc) is 2.84. The normalized spacial score (nSPS) is 13.9. The lowest BCUT2D eigenvalue weighted by molar-refractivity contribution is 0.109. The number of aldehydes is 1. The zero-order valence-corrected chi connectivity index (χ0v) is 11.4. The van der Waals surface area contributed by atoms with Crippen LogP contribution in [-0.2, 0) is 0 Å². The van der Waals surface area contributed by atoms with Gasteiger partial charge in [-0.25, -0.2) is 0 Å². The minimum Gasteiger partial charge on any atom is -0.353 e. The molecule has 0 saturated heterocycles. The van der Waals surface area contributed by atoms with Crippen molar-refractivity contribution in [2.24, 2.45) is 0 Å². The van der Waals surface area contributed by atoms with Crippen molar-refractivity contribution in [2.75, 3.05) is 0 Å². The fourth-order valence-corrected chi connectivity index (χ4v) is 1.72. The van der Waals surface area contributed by atoms with Gasteiger partial charge in [-0.15, -0.1) is 0 Å². The molecule has 1 heterocycles. The molecule has 0 spiro atoms. The largest absolute Gasteiger partial charge is 0.353 e. The number of nitrogens with zero attached hydrogens (tertiary/aromatic N) is 1. The van der Waals surface area contributed by atoms with Crippen LogP contribution in [0.4, 0.5) is 0 Å². The Morgan fingerprint density at radius 2 is 2.17 bits per heavy atom. The van der Waals surface area contributed by atoms with E-state index in [4.69, 9.17) is 4.52 Å². The van der Waals surface area contributed by atoms with Gasteiger partial charge in [0.15, 0.2) is 12.0 Å². The van der Waals surface area contributed by atoms with Crippen LogP contribution in [0.15, 0.2) is 40.0 Å². The summed E-state index contributed by atoms with van der Waals surface area (Å²) in [5.41, 5.74) is 4.10. The summed E-state index contributed by atoms with van der Waals surface area (Å²) < 4.78 is 4.95. The maximum Gasteiger partial charge on any atom is 0.199 e. The average molecular weight is 245 g/mol. The van der Waals surface area contributed by atoms with E-state index in [1.807, 2.05) is 32.1 Å². The molecule has 1 aromatic heterocycles. The Labute approximate surface area is 108 Å². The first kappa shape index (κ1) is 14.2. The predicted molar refractivity (Wildman–Crippen MR) is 73.3 cm³/mol. The zero-order chi connectivity index (χ0) is 13.5. The topological polar surface area (TPSA) is 43.1 Å². The smallest absolute Gasteiger partial charge is 0.199 e. The summed E-state index contributed by atoms with van der Waals surface area (Å²) in [7, 11) is 0. The van der Waals surface area contributed by atoms with Crippen LogP contribution in [0.5, 0.6) is 0 Å². The first-order valence-corrected chi connectivity index (χ1v) is 6.06. The van der Waals surface area contributed by atoms with Crippen LogP contribution in [0.1, 0.15) is 50.4 Å². The number of hydrogen-bond acceptors (Lipinski definition) is 3. The summed E-state index contributed by atoms with van der Waals surface area (Å²) >= 11 is 0. The molecule has 18 heavy (non-hydrogen) atoms. The van der Waals surface area contributed by atoms with Gasteiger partial charge in [-0.1, -0.05) is 35.9 Å². The molecule has 0 amide bonds. The molecule has 0 unspecified atom stereocenters. The van der Waals surface area contributed by atoms with Crippen LogP contribution < -0.4 is 0 Å². The van der Waals surface area contributed by atoms with Crippen molar-refractivity contribution in [1.82, 2.24) is 5.16 Å². The monoisotopic (exact) mass is 245 g/mol. The maximum atomic E-state index is 10.6. The molecule has 0 N–H and O–H groups in total. The van der Waals surface area contributed by atoms with Gasteiger partial charge in [-0.05, 0) is 32.8 Å². The lowest BCUT2D eigenvalue weighted by Gasteiger charge is -2.08. The van der Waals surface area contributed by atoms with Crippen LogP contribution >= 0.6 is 0 Å². The van der Waals surface area contributed by atoms with Crippen molar-refractivity contribution >= 4 is 11.9 Å². The Bertz CT molecular complexity index is 504. The van der Waals surface area contributed by atoms with Crippen molar-refractivity contribution < 1.29 is 9.32 Å². The second-order valence-corrected chi connectivity index (χ2v) is 4.12. The van der Waals surface area contributed by atoms with E-state index in [2.05, 4.69) is 19.0 Å². The molecule has 96 valence electrons. The fourth-order valence-electron chi connectivity index (χ4n) is 1.72. The maximum absolute atomic E-state index is 10.6. The number of carbonyl (C=O) groups excluding carboxylic acids is 1. The van der Waals surface area contributed by atoms with Crippen LogP contribution in [0.3, 0.4) is 0 Å². The highest BCUT2D eigenvalue weighted by molar-refractivity contribution is 5.81. The lowest BCUT2D eigenvalue weighted by atomic mass is 9.97. The van der Waals surface area contributed by atoms with E-state index < -0.39 is 0 Å². The zero-order valence-electron chi connectivity index (χ0n) is 11.4. The number of rotatable bonds is 5. The van der Waals surface area contributed by atoms with E-state index in [9.17, 15) is 4.79 Å². The molecule has 0 fully saturated rings. The second-order valence-electron chi connectivity index (χ2n) is 4.12. The van der Waals surface area contributed by atoms with E-state index >= 15 is 0 Å². The molecule has 0 saturated carbocycles. The van der Waals surface area contributed by atoms with Gasteiger partial charge < -0.3 is 4.52 Å². The predicted octanol–water partition coefficient (Wildman–Crippen LogP) is 4.19. The highest BCUT2D eigenvalue weighted by Gasteiger charge is 2.12. The first-order valence-electron chi connectivity index (χ1n) is 6.06. The number of carbonyl (C=O) groups is 1. The molecule has 1 aromatic rings. The molecule has 1 rings (SSSR count). The molecule has 0 aliphatic carbocycles. The standard InChI is InChI=1S/C15H19NO2/c1-5-7-8-12(4)15(11(3)6-2)14-9-13(10-17)18-16-14/h5,7-10H,6H2,1-4H3/b7-5-,12-8-,15-11?. The highest BCUT2D eigenvalue weighted by atomic mass is 16.5. The van der Waals surface area contributed by atoms with E-state index in [-0.39, 0.29) is 5.76 Å². The van der Waals surface area contributed by atoms with E-state index in [0.29, 0.717) is 6.29 Å². The molecule has 0 bridgehead atoms. The Morgan fingerprint density at radius 3 is 2.67 bits per heavy atom. The third kappa shape index (κ3) is 3.29. The van der Waals surface area contributed by atoms with Gasteiger partial charge in [0.1, 0.15) is 5.69 Å². The molecule has 0 aliphatic rings. The summed E-state index contributed by atoms with van der Waals surface area (Å²) in [4.78, 5) is 10.6. The molecule has 0 aliphatic heterocycles. The SMILES string of the molecule is C/C=C\C=C(\C)C(=C(C)CC)c1cc(C=O)on1. The van der Waals surface area contributed by atoms with Crippen LogP contribution in [-0.4, -0.2) is 11.4 Å². The van der Waals surface area contributed by atoms with Gasteiger partial charge in [-0.2, -0.15) is 0 Å². The Morgan fingerprint density at radius 1 is 1.44 bits per heavy atom. The van der Waals surface area contributed by atoms with Crippen molar-refractivity contribution in [3.8, 4) is 0 Å². The van der Waals surface area contributed by atoms with Crippen LogP contribution in [0.2, 0.25) is 0 Å². The number of allylic oxidation sites excluding steroid dienone is 6. The van der Waals surface area contributed by atoms with Crippen molar-refractivity contribution in [2.45, 2.75) is 34.1 Å². The van der Waals surface area contributed by atoms with Gasteiger partial charge >= 0.3 is 0 Å². The number of aromatic nitrogens is 1. The molecular formula is C15H19NO2. The van der Waals surface area contributed by atoms with Crippen molar-refractivity contribution in [3.05, 3.63) is 46.9 Å². The third-order valence-electron chi connectivity index (χ3n) is 2.79. The number of hydrogen-bond donors (Lipinski definition) is 0. The molecule has 0 aromatic carbocycles. The fraction of sp³-hybridized carbons (Fsp3) is 0.333. The van der Waals surface area contributed by atoms with Crippen LogP contribution in [0.25, 0.3) is 5.57 Å². The van der Waals surface area contributed by atoms with Crippen molar-refractivity contribution in [1.29, 1.82) is 0 Å². The summed E-state index contributed by atoms with van der Waals surface area (Å²) in [5.74, 6) is 0.255. The Balaban J connectivity index is 3.27. The van der Waals surface area contributed by atoms with Gasteiger partial charge in [0.2, 0.25) is 0 Å². The second kappa shape index (κ2) is 6.74. The first-order chi connectivity index (χ1) is 8.63. The summed E-state index contributed by atoms with van der Waals surface area (Å²) in [6.45, 7) is 8.17. The van der Waals surface area contributed by atoms with Crippen LogP contribution in [0, 0.1) is 0 Å². The molecule has 0 radical (unpaired) electrons. The summed E-state index contributed by atoms with van der Waals surface area (Å²) in [6.07, 6.45) is 7.59. The van der Waals surface area contributed by atoms with E-state index in [1.165, 1.54) is 5.57 Å². The quantitative estimate of drug-likeness (QED) is 0.577. The lowest BCUT2D eigenvalue weighted by Crippen LogP contribution is -1.91. The van der Waals surface area contributed by atoms with Crippen molar-refractivity contribution in [3.63, 3.8) is 0 Å². The van der Waals surface area contributed by atoms with E-state index in [1.54, 1.807) is 6.07 Å². The van der Waals surface area contributed by atoms with Gasteiger partial charge in [0.05, 0.1) is 0 Å². The molecule has 0 atom stereocenters. The summed E-state index contributed by atoms with van der Waals surface area (Å²) in [6, 6.07) is 1.68. The minimum atomic E-state index is 0.255. The van der Waals surface area contributed by atoms with Gasteiger partial charge in [0.25, 0.3) is 0 Å². The van der Waals surface area contributed by atoms with E-state index in [0.717, 1.165) is 23.3 Å². The third-order valence-corrected chi connectivity index (χ3v) is 2.79. The summed E-state index contributed by atoms with van der Waals surface area (Å²) in [5, 5.41) is 3.96. The Hall–Kier alpha value is -1.90. The molecule has 3 nitrogen and oxygen atoms in total. The molecule has 3 heteroatoms. The van der Waals surface area contributed by atoms with Gasteiger partial charge in [0, 0.05) is 11.6 Å². The highest BCUT2D eigenvalue weighted by Crippen LogP contribution is 2.27. The van der Waals surface area contributed by atoms with Gasteiger partial charge in [-0.3, -0.25) is 4.79 Å². The molecular weight excluding hydrogens is 226 g/mol. The minimum absolute atomic E-state index is 0.255.